The molecule has 1 saturated heterocycles. The van der Waals surface area contributed by atoms with Crippen molar-refractivity contribution in [1.82, 2.24) is 15.0 Å². The van der Waals surface area contributed by atoms with E-state index >= 15 is 0 Å². The molecular weight excluding hydrogens is 264 g/mol. The number of hydrogen-bond acceptors (Lipinski definition) is 5. The van der Waals surface area contributed by atoms with Gasteiger partial charge in [-0.3, -0.25) is 0 Å². The zero-order valence-corrected chi connectivity index (χ0v) is 12.3. The Bertz CT molecular complexity index is 575. The van der Waals surface area contributed by atoms with Gasteiger partial charge in [-0.2, -0.15) is 0 Å². The van der Waals surface area contributed by atoms with Crippen LogP contribution in [0.1, 0.15) is 18.5 Å². The maximum Gasteiger partial charge on any atom is 0.213 e. The van der Waals surface area contributed by atoms with Gasteiger partial charge in [-0.1, -0.05) is 6.07 Å². The van der Waals surface area contributed by atoms with E-state index in [0.29, 0.717) is 18.4 Å². The number of rotatable bonds is 4. The van der Waals surface area contributed by atoms with Gasteiger partial charge in [0.05, 0.1) is 6.61 Å². The molecule has 1 atom stereocenters. The molecular formula is C16H20N4O. The summed E-state index contributed by atoms with van der Waals surface area (Å²) in [7, 11) is 0. The van der Waals surface area contributed by atoms with E-state index in [-0.39, 0.29) is 0 Å². The summed E-state index contributed by atoms with van der Waals surface area (Å²) in [6, 6.07) is 7.78. The highest BCUT2D eigenvalue weighted by Crippen LogP contribution is 2.22. The average molecular weight is 284 g/mol. The molecule has 2 aromatic rings. The third-order valence-corrected chi connectivity index (χ3v) is 3.74. The standard InChI is InChI=1S/C16H20N4O/c1-13-9-15(19-12-18-13)20-8-4-5-14(10-20)11-21-16-6-2-3-7-17-16/h2-3,6-7,9,12,14H,4-5,8,10-11H2,1H3. The first-order valence-electron chi connectivity index (χ1n) is 7.39. The minimum Gasteiger partial charge on any atom is -0.477 e. The van der Waals surface area contributed by atoms with Crippen molar-refractivity contribution in [2.45, 2.75) is 19.8 Å². The predicted molar refractivity (Wildman–Crippen MR) is 81.4 cm³/mol. The normalized spacial score (nSPS) is 18.5. The van der Waals surface area contributed by atoms with Crippen molar-refractivity contribution in [3.63, 3.8) is 0 Å². The van der Waals surface area contributed by atoms with Crippen LogP contribution in [0, 0.1) is 12.8 Å². The molecule has 21 heavy (non-hydrogen) atoms. The van der Waals surface area contributed by atoms with E-state index in [4.69, 9.17) is 4.74 Å². The summed E-state index contributed by atoms with van der Waals surface area (Å²) in [5.74, 6) is 2.23. The summed E-state index contributed by atoms with van der Waals surface area (Å²) in [5.41, 5.74) is 1.01. The molecule has 0 radical (unpaired) electrons. The number of piperidine rings is 1. The third kappa shape index (κ3) is 3.68. The van der Waals surface area contributed by atoms with Gasteiger partial charge >= 0.3 is 0 Å². The number of nitrogens with zero attached hydrogens (tertiary/aromatic N) is 4. The molecule has 3 rings (SSSR count). The Labute approximate surface area is 125 Å². The Morgan fingerprint density at radius 1 is 1.29 bits per heavy atom. The van der Waals surface area contributed by atoms with E-state index in [1.165, 1.54) is 12.8 Å². The van der Waals surface area contributed by atoms with Crippen LogP contribution in [0.3, 0.4) is 0 Å². The van der Waals surface area contributed by atoms with Gasteiger partial charge in [-0.25, -0.2) is 15.0 Å². The fourth-order valence-corrected chi connectivity index (χ4v) is 2.66. The molecule has 1 fully saturated rings. The highest BCUT2D eigenvalue weighted by atomic mass is 16.5. The number of aromatic nitrogens is 3. The molecule has 5 heteroatoms. The monoisotopic (exact) mass is 284 g/mol. The number of hydrogen-bond donors (Lipinski definition) is 0. The first kappa shape index (κ1) is 13.8. The minimum atomic E-state index is 0.510. The molecule has 0 aliphatic carbocycles. The maximum atomic E-state index is 5.78. The average Bonchev–Trinajstić information content (AvgIpc) is 2.54. The fraction of sp³-hybridized carbons (Fsp3) is 0.438. The lowest BCUT2D eigenvalue weighted by atomic mass is 9.99. The van der Waals surface area contributed by atoms with Gasteiger partial charge in [0.2, 0.25) is 5.88 Å². The van der Waals surface area contributed by atoms with Crippen molar-refractivity contribution in [1.29, 1.82) is 0 Å². The van der Waals surface area contributed by atoms with E-state index in [1.54, 1.807) is 12.5 Å². The van der Waals surface area contributed by atoms with E-state index in [9.17, 15) is 0 Å². The molecule has 5 nitrogen and oxygen atoms in total. The molecule has 1 aliphatic heterocycles. The molecule has 2 aromatic heterocycles. The Morgan fingerprint density at radius 3 is 3.05 bits per heavy atom. The molecule has 0 spiro atoms. The van der Waals surface area contributed by atoms with Crippen LogP contribution in [0.5, 0.6) is 5.88 Å². The Kier molecular flexibility index (Phi) is 4.28. The van der Waals surface area contributed by atoms with Crippen molar-refractivity contribution in [2.24, 2.45) is 5.92 Å². The van der Waals surface area contributed by atoms with Crippen LogP contribution >= 0.6 is 0 Å². The van der Waals surface area contributed by atoms with E-state index < -0.39 is 0 Å². The molecule has 0 aromatic carbocycles. The molecule has 0 bridgehead atoms. The topological polar surface area (TPSA) is 51.1 Å². The molecule has 3 heterocycles. The quantitative estimate of drug-likeness (QED) is 0.863. The van der Waals surface area contributed by atoms with Crippen molar-refractivity contribution >= 4 is 5.82 Å². The zero-order chi connectivity index (χ0) is 14.5. The van der Waals surface area contributed by atoms with Crippen molar-refractivity contribution in [3.05, 3.63) is 42.5 Å². The van der Waals surface area contributed by atoms with Gasteiger partial charge in [0, 0.05) is 43.0 Å². The summed E-state index contributed by atoms with van der Waals surface area (Å²) in [4.78, 5) is 15.1. The van der Waals surface area contributed by atoms with Crippen molar-refractivity contribution in [3.8, 4) is 5.88 Å². The Hall–Kier alpha value is -2.17. The van der Waals surface area contributed by atoms with Gasteiger partial charge in [0.25, 0.3) is 0 Å². The molecule has 0 saturated carbocycles. The molecule has 0 amide bonds. The number of anilines is 1. The maximum absolute atomic E-state index is 5.78. The summed E-state index contributed by atoms with van der Waals surface area (Å²) in [6.07, 6.45) is 5.75. The highest BCUT2D eigenvalue weighted by molar-refractivity contribution is 5.39. The second-order valence-corrected chi connectivity index (χ2v) is 5.45. The zero-order valence-electron chi connectivity index (χ0n) is 12.3. The lowest BCUT2D eigenvalue weighted by Gasteiger charge is -2.33. The second-order valence-electron chi connectivity index (χ2n) is 5.45. The first-order chi connectivity index (χ1) is 10.3. The van der Waals surface area contributed by atoms with Crippen LogP contribution in [-0.2, 0) is 0 Å². The van der Waals surface area contributed by atoms with Crippen LogP contribution in [0.2, 0.25) is 0 Å². The van der Waals surface area contributed by atoms with Crippen LogP contribution in [0.15, 0.2) is 36.8 Å². The van der Waals surface area contributed by atoms with Gasteiger partial charge in [-0.15, -0.1) is 0 Å². The fourth-order valence-electron chi connectivity index (χ4n) is 2.66. The predicted octanol–water partition coefficient (Wildman–Crippen LogP) is 2.48. The van der Waals surface area contributed by atoms with Gasteiger partial charge < -0.3 is 9.64 Å². The Morgan fingerprint density at radius 2 is 2.24 bits per heavy atom. The first-order valence-corrected chi connectivity index (χ1v) is 7.39. The number of aryl methyl sites for hydroxylation is 1. The van der Waals surface area contributed by atoms with E-state index in [0.717, 1.165) is 24.6 Å². The largest absolute Gasteiger partial charge is 0.477 e. The van der Waals surface area contributed by atoms with Crippen LogP contribution < -0.4 is 9.64 Å². The lowest BCUT2D eigenvalue weighted by molar-refractivity contribution is 0.221. The lowest BCUT2D eigenvalue weighted by Crippen LogP contribution is -2.38. The summed E-state index contributed by atoms with van der Waals surface area (Å²) in [6.45, 7) is 4.73. The van der Waals surface area contributed by atoms with Crippen LogP contribution in [0.25, 0.3) is 0 Å². The van der Waals surface area contributed by atoms with Gasteiger partial charge in [-0.05, 0) is 25.8 Å². The third-order valence-electron chi connectivity index (χ3n) is 3.74. The number of pyridine rings is 1. The summed E-state index contributed by atoms with van der Waals surface area (Å²) in [5, 5.41) is 0. The van der Waals surface area contributed by atoms with Crippen molar-refractivity contribution in [2.75, 3.05) is 24.6 Å². The van der Waals surface area contributed by atoms with Crippen LogP contribution in [0.4, 0.5) is 5.82 Å². The molecule has 0 N–H and O–H groups in total. The van der Waals surface area contributed by atoms with Gasteiger partial charge in [0.15, 0.2) is 0 Å². The van der Waals surface area contributed by atoms with Crippen molar-refractivity contribution < 1.29 is 4.74 Å². The SMILES string of the molecule is Cc1cc(N2CCCC(COc3ccccn3)C2)ncn1. The molecule has 110 valence electrons. The second kappa shape index (κ2) is 6.52. The highest BCUT2D eigenvalue weighted by Gasteiger charge is 2.21. The van der Waals surface area contributed by atoms with Gasteiger partial charge in [0.1, 0.15) is 12.1 Å². The van der Waals surface area contributed by atoms with E-state index in [2.05, 4.69) is 19.9 Å². The van der Waals surface area contributed by atoms with Crippen LogP contribution in [-0.4, -0.2) is 34.6 Å². The smallest absolute Gasteiger partial charge is 0.213 e. The summed E-state index contributed by atoms with van der Waals surface area (Å²) >= 11 is 0. The summed E-state index contributed by atoms with van der Waals surface area (Å²) < 4.78 is 5.78. The minimum absolute atomic E-state index is 0.510. The number of ether oxygens (including phenoxy) is 1. The Balaban J connectivity index is 1.58. The molecule has 1 unspecified atom stereocenters. The molecule has 1 aliphatic rings. The van der Waals surface area contributed by atoms with E-state index in [1.807, 2.05) is 31.2 Å².